The quantitative estimate of drug-likeness (QED) is 0.756. The number of rotatable bonds is 4. The van der Waals surface area contributed by atoms with Gasteiger partial charge in [-0.25, -0.2) is 9.97 Å². The second-order valence-corrected chi connectivity index (χ2v) is 10.4. The summed E-state index contributed by atoms with van der Waals surface area (Å²) in [4.78, 5) is 8.08. The van der Waals surface area contributed by atoms with E-state index in [0.29, 0.717) is 0 Å². The maximum Gasteiger partial charge on any atom is 0.191 e. The van der Waals surface area contributed by atoms with Gasteiger partial charge in [-0.15, -0.1) is 0 Å². The van der Waals surface area contributed by atoms with Crippen LogP contribution in [0.3, 0.4) is 0 Å². The lowest BCUT2D eigenvalue weighted by Crippen LogP contribution is -2.41. The molecule has 16 heavy (non-hydrogen) atoms. The molecule has 1 rings (SSSR count). The molecule has 0 amide bonds. The van der Waals surface area contributed by atoms with Crippen LogP contribution in [0.4, 0.5) is 0 Å². The van der Waals surface area contributed by atoms with Crippen molar-refractivity contribution in [2.45, 2.75) is 45.3 Å². The number of aromatic nitrogens is 2. The van der Waals surface area contributed by atoms with Gasteiger partial charge in [0.25, 0.3) is 0 Å². The van der Waals surface area contributed by atoms with Crippen LogP contribution in [-0.2, 0) is 10.8 Å². The van der Waals surface area contributed by atoms with Crippen LogP contribution >= 0.6 is 0 Å². The summed E-state index contributed by atoms with van der Waals surface area (Å²) in [5, 5.41) is 0.276. The molecular weight excluding hydrogens is 216 g/mol. The number of hydrogen-bond donors (Lipinski definition) is 0. The SMILES string of the molecule is CC(C)(C)[Si](C)(C)OCCc1ccncn1. The van der Waals surface area contributed by atoms with Crippen molar-refractivity contribution in [1.29, 1.82) is 0 Å². The molecule has 0 aromatic carbocycles. The smallest absolute Gasteiger partial charge is 0.191 e. The van der Waals surface area contributed by atoms with E-state index in [2.05, 4.69) is 43.8 Å². The van der Waals surface area contributed by atoms with Crippen molar-refractivity contribution in [2.24, 2.45) is 0 Å². The summed E-state index contributed by atoms with van der Waals surface area (Å²) in [7, 11) is -1.60. The van der Waals surface area contributed by atoms with E-state index >= 15 is 0 Å². The fourth-order valence-electron chi connectivity index (χ4n) is 1.09. The third-order valence-electron chi connectivity index (χ3n) is 3.27. The lowest BCUT2D eigenvalue weighted by Gasteiger charge is -2.36. The van der Waals surface area contributed by atoms with Crippen molar-refractivity contribution >= 4 is 8.32 Å². The molecule has 0 bridgehead atoms. The van der Waals surface area contributed by atoms with E-state index in [1.807, 2.05) is 6.07 Å². The van der Waals surface area contributed by atoms with Gasteiger partial charge in [-0.2, -0.15) is 0 Å². The molecule has 0 N–H and O–H groups in total. The monoisotopic (exact) mass is 238 g/mol. The van der Waals surface area contributed by atoms with Crippen LogP contribution in [0.25, 0.3) is 0 Å². The Morgan fingerprint density at radius 2 is 2.00 bits per heavy atom. The second kappa shape index (κ2) is 5.06. The Kier molecular flexibility index (Phi) is 4.21. The fourth-order valence-corrected chi connectivity index (χ4v) is 2.14. The molecule has 3 nitrogen and oxygen atoms in total. The van der Waals surface area contributed by atoms with Crippen LogP contribution in [0.15, 0.2) is 18.6 Å². The average molecular weight is 238 g/mol. The highest BCUT2D eigenvalue weighted by Crippen LogP contribution is 2.36. The highest BCUT2D eigenvalue weighted by molar-refractivity contribution is 6.74. The first-order chi connectivity index (χ1) is 7.33. The first kappa shape index (κ1) is 13.3. The van der Waals surface area contributed by atoms with E-state index in [4.69, 9.17) is 4.43 Å². The van der Waals surface area contributed by atoms with E-state index in [0.717, 1.165) is 18.7 Å². The summed E-state index contributed by atoms with van der Waals surface area (Å²) in [5.74, 6) is 0. The Hall–Kier alpha value is -0.743. The second-order valence-electron chi connectivity index (χ2n) is 5.56. The van der Waals surface area contributed by atoms with Crippen LogP contribution in [0.1, 0.15) is 26.5 Å². The van der Waals surface area contributed by atoms with Gasteiger partial charge in [0, 0.05) is 24.9 Å². The molecule has 0 unspecified atom stereocenters. The van der Waals surface area contributed by atoms with Crippen LogP contribution in [-0.4, -0.2) is 24.9 Å². The molecular formula is C12H22N2OSi. The molecule has 0 atom stereocenters. The van der Waals surface area contributed by atoms with Gasteiger partial charge in [0.2, 0.25) is 0 Å². The molecule has 0 saturated heterocycles. The third-order valence-corrected chi connectivity index (χ3v) is 7.81. The summed E-state index contributed by atoms with van der Waals surface area (Å²) in [6, 6.07) is 1.94. The maximum atomic E-state index is 6.08. The van der Waals surface area contributed by atoms with Gasteiger partial charge >= 0.3 is 0 Å². The Morgan fingerprint density at radius 1 is 1.31 bits per heavy atom. The molecule has 1 aromatic heterocycles. The predicted molar refractivity (Wildman–Crippen MR) is 68.9 cm³/mol. The van der Waals surface area contributed by atoms with Gasteiger partial charge in [0.15, 0.2) is 8.32 Å². The third kappa shape index (κ3) is 3.68. The first-order valence-electron chi connectivity index (χ1n) is 5.72. The Labute approximate surface area is 99.4 Å². The highest BCUT2D eigenvalue weighted by atomic mass is 28.4. The lowest BCUT2D eigenvalue weighted by atomic mass is 10.2. The van der Waals surface area contributed by atoms with Crippen molar-refractivity contribution in [1.82, 2.24) is 9.97 Å². The molecule has 0 spiro atoms. The van der Waals surface area contributed by atoms with Gasteiger partial charge in [0.05, 0.1) is 0 Å². The van der Waals surface area contributed by atoms with E-state index in [1.54, 1.807) is 12.5 Å². The molecule has 0 radical (unpaired) electrons. The van der Waals surface area contributed by atoms with Crippen LogP contribution in [0, 0.1) is 0 Å². The molecule has 1 aromatic rings. The summed E-state index contributed by atoms with van der Waals surface area (Å²) < 4.78 is 6.08. The fraction of sp³-hybridized carbons (Fsp3) is 0.667. The Morgan fingerprint density at radius 3 is 2.50 bits per heavy atom. The topological polar surface area (TPSA) is 35.0 Å². The zero-order valence-electron chi connectivity index (χ0n) is 10.9. The minimum Gasteiger partial charge on any atom is -0.416 e. The average Bonchev–Trinajstić information content (AvgIpc) is 2.17. The zero-order chi connectivity index (χ0) is 12.2. The van der Waals surface area contributed by atoms with Crippen molar-refractivity contribution in [3.63, 3.8) is 0 Å². The normalized spacial score (nSPS) is 12.8. The summed E-state index contributed by atoms with van der Waals surface area (Å²) >= 11 is 0. The molecule has 0 aliphatic carbocycles. The Balaban J connectivity index is 2.42. The summed E-state index contributed by atoms with van der Waals surface area (Å²) in [6.45, 7) is 12.1. The van der Waals surface area contributed by atoms with Crippen LogP contribution < -0.4 is 0 Å². The number of hydrogen-bond acceptors (Lipinski definition) is 3. The van der Waals surface area contributed by atoms with Crippen molar-refractivity contribution in [3.05, 3.63) is 24.3 Å². The molecule has 0 saturated carbocycles. The summed E-state index contributed by atoms with van der Waals surface area (Å²) in [5.41, 5.74) is 1.05. The highest BCUT2D eigenvalue weighted by Gasteiger charge is 2.36. The van der Waals surface area contributed by atoms with Gasteiger partial charge in [-0.05, 0) is 24.2 Å². The van der Waals surface area contributed by atoms with Crippen LogP contribution in [0.2, 0.25) is 18.1 Å². The lowest BCUT2D eigenvalue weighted by molar-refractivity contribution is 0.290. The zero-order valence-corrected chi connectivity index (χ0v) is 11.9. The first-order valence-corrected chi connectivity index (χ1v) is 8.62. The Bertz CT molecular complexity index is 320. The maximum absolute atomic E-state index is 6.08. The number of nitrogens with zero attached hydrogens (tertiary/aromatic N) is 2. The van der Waals surface area contributed by atoms with Gasteiger partial charge in [-0.3, -0.25) is 0 Å². The minimum atomic E-state index is -1.60. The van der Waals surface area contributed by atoms with Gasteiger partial charge in [0.1, 0.15) is 6.33 Å². The molecule has 4 heteroatoms. The van der Waals surface area contributed by atoms with E-state index < -0.39 is 8.32 Å². The molecule has 0 fully saturated rings. The van der Waals surface area contributed by atoms with Gasteiger partial charge in [-0.1, -0.05) is 20.8 Å². The molecule has 0 aliphatic heterocycles. The standard InChI is InChI=1S/C12H22N2OSi/c1-12(2,3)16(4,5)15-9-7-11-6-8-13-10-14-11/h6,8,10H,7,9H2,1-5H3. The van der Waals surface area contributed by atoms with E-state index in [1.165, 1.54) is 0 Å². The molecule has 0 aliphatic rings. The minimum absolute atomic E-state index is 0.276. The van der Waals surface area contributed by atoms with Crippen molar-refractivity contribution in [2.75, 3.05) is 6.61 Å². The van der Waals surface area contributed by atoms with Crippen molar-refractivity contribution < 1.29 is 4.43 Å². The van der Waals surface area contributed by atoms with E-state index in [-0.39, 0.29) is 5.04 Å². The summed E-state index contributed by atoms with van der Waals surface area (Å²) in [6.07, 6.45) is 4.23. The largest absolute Gasteiger partial charge is 0.416 e. The van der Waals surface area contributed by atoms with Crippen LogP contribution in [0.5, 0.6) is 0 Å². The van der Waals surface area contributed by atoms with Gasteiger partial charge < -0.3 is 4.43 Å². The van der Waals surface area contributed by atoms with Crippen molar-refractivity contribution in [3.8, 4) is 0 Å². The predicted octanol–water partition coefficient (Wildman–Crippen LogP) is 3.04. The molecule has 1 heterocycles. The molecule has 90 valence electrons. The van der Waals surface area contributed by atoms with E-state index in [9.17, 15) is 0 Å².